The Bertz CT molecular complexity index is 4560. The molecule has 2 saturated carbocycles. The van der Waals surface area contributed by atoms with Crippen molar-refractivity contribution in [1.82, 2.24) is 0 Å². The molecule has 16 aromatic carbocycles. The Kier molecular flexibility index (Phi) is 18.6. The third-order valence-corrected chi connectivity index (χ3v) is 21.1. The molecule has 18 rings (SSSR count). The molecule has 94 heavy (non-hydrogen) atoms. The van der Waals surface area contributed by atoms with Gasteiger partial charge in [-0.2, -0.15) is 12.1 Å². The molecule has 2 aliphatic carbocycles. The zero-order valence-electron chi connectivity index (χ0n) is 54.5. The fourth-order valence-electron chi connectivity index (χ4n) is 16.8. The van der Waals surface area contributed by atoms with E-state index in [-0.39, 0.29) is 14.9 Å². The summed E-state index contributed by atoms with van der Waals surface area (Å²) in [7, 11) is 0. The second kappa shape index (κ2) is 27.8. The number of fused-ring (bicyclic) bond motifs is 10. The molecule has 0 unspecified atom stereocenters. The summed E-state index contributed by atoms with van der Waals surface area (Å²) < 4.78 is 0. The standard InChI is InChI=1S/2C45H37.2CH3.Si.Zr/c2*1-2-4-14-30(13-3-1)25-31-26-42-40(44-36-19-9-5-15-32(36)28-33-16-6-10-20-37(33)44)23-24-41(43(42)27-31)45-38-21-11-7-17-34(38)29-35-18-8-12-22-39(35)45;;;;/h2*5-12,15-24,26-30H,1-4,13-14,25H2;2*1H3;;/q4*-1;;. The summed E-state index contributed by atoms with van der Waals surface area (Å²) in [5.41, 5.74) is 13.8. The third-order valence-electron chi connectivity index (χ3n) is 21.1. The maximum absolute atomic E-state index is 3.06. The minimum absolute atomic E-state index is 0. The van der Waals surface area contributed by atoms with Gasteiger partial charge in [-0.05, 0) is 157 Å². The van der Waals surface area contributed by atoms with E-state index >= 15 is 0 Å². The van der Waals surface area contributed by atoms with Crippen LogP contribution in [0.15, 0.2) is 267 Å². The van der Waals surface area contributed by atoms with E-state index in [0.29, 0.717) is 0 Å². The van der Waals surface area contributed by atoms with Crippen LogP contribution in [0.4, 0.5) is 0 Å². The van der Waals surface area contributed by atoms with Crippen LogP contribution in [0.5, 0.6) is 0 Å². The Hall–Kier alpha value is -8.52. The number of benzene rings is 14. The molecular formula is C92H80SiZr-4. The zero-order chi connectivity index (χ0) is 61.5. The average molecular weight is 1300 g/mol. The van der Waals surface area contributed by atoms with Crippen molar-refractivity contribution >= 4 is 115 Å². The molecule has 0 aliphatic heterocycles. The van der Waals surface area contributed by atoms with Gasteiger partial charge in [-0.15, -0.1) is 44.8 Å². The first kappa shape index (κ1) is 62.9. The fraction of sp³-hybridized carbons (Fsp3) is 0.174. The van der Waals surface area contributed by atoms with E-state index in [1.807, 2.05) is 0 Å². The van der Waals surface area contributed by atoms with E-state index in [4.69, 9.17) is 0 Å². The first-order valence-electron chi connectivity index (χ1n) is 34.0. The zero-order valence-corrected chi connectivity index (χ0v) is 57.9. The molecule has 0 bridgehead atoms. The van der Waals surface area contributed by atoms with Gasteiger partial charge in [-0.1, -0.05) is 318 Å². The maximum Gasteiger partial charge on any atom is -0.0107 e. The molecule has 0 heterocycles. The Balaban J connectivity index is 0.000000155. The molecule has 0 spiro atoms. The van der Waals surface area contributed by atoms with Gasteiger partial charge in [0.15, 0.2) is 0 Å². The molecule has 2 heteroatoms. The predicted octanol–water partition coefficient (Wildman–Crippen LogP) is 26.6. The van der Waals surface area contributed by atoms with Crippen molar-refractivity contribution in [2.75, 3.05) is 0 Å². The average Bonchev–Trinajstić information content (AvgIpc) is 1.30. The van der Waals surface area contributed by atoms with Gasteiger partial charge in [0.1, 0.15) is 0 Å². The van der Waals surface area contributed by atoms with Crippen LogP contribution in [0.1, 0.15) is 88.2 Å². The van der Waals surface area contributed by atoms with Crippen molar-refractivity contribution in [3.05, 3.63) is 293 Å². The van der Waals surface area contributed by atoms with Crippen LogP contribution in [-0.4, -0.2) is 6.88 Å². The van der Waals surface area contributed by atoms with Crippen molar-refractivity contribution in [3.8, 4) is 44.5 Å². The second-order valence-corrected chi connectivity index (χ2v) is 26.6. The van der Waals surface area contributed by atoms with Crippen LogP contribution >= 0.6 is 0 Å². The fourth-order valence-corrected chi connectivity index (χ4v) is 16.8. The molecule has 0 nitrogen and oxygen atoms in total. The van der Waals surface area contributed by atoms with E-state index in [0.717, 1.165) is 11.8 Å². The van der Waals surface area contributed by atoms with Crippen molar-refractivity contribution in [2.45, 2.75) is 89.9 Å². The minimum Gasteiger partial charge on any atom is -0.164 e. The van der Waals surface area contributed by atoms with Gasteiger partial charge in [-0.25, -0.2) is 0 Å². The summed E-state index contributed by atoms with van der Waals surface area (Å²) in [6.45, 7) is 3.06. The quantitative estimate of drug-likeness (QED) is 0.0616. The summed E-state index contributed by atoms with van der Waals surface area (Å²) in [5, 5.41) is 26.5. The number of hydrogen-bond acceptors (Lipinski definition) is 0. The second-order valence-electron chi connectivity index (χ2n) is 26.6. The van der Waals surface area contributed by atoms with Gasteiger partial charge < -0.3 is 14.9 Å². The molecule has 0 saturated heterocycles. The number of hydrogen-bond donors (Lipinski definition) is 0. The SMILES string of the molecule is [CH3-].[CH3-].[Si]=[Zr].c1ccc2c(-c3ccc(-c4c5ccccc5cc5ccccc45)c4[cH-]c(CC5CCCCCC5)cc34)c3ccccc3cc2c1.c1ccc2c(-c3ccc(-c4c5ccccc5cc5ccccc45)c4[cH-]c(CC5CCCCCC5)cc34)c3ccccc3cc2c1. The molecule has 2 fully saturated rings. The summed E-state index contributed by atoms with van der Waals surface area (Å²) in [6.07, 6.45) is 18.9. The van der Waals surface area contributed by atoms with E-state index < -0.39 is 0 Å². The first-order valence-corrected chi connectivity index (χ1v) is 38.2. The van der Waals surface area contributed by atoms with Crippen LogP contribution in [0.2, 0.25) is 0 Å². The molecule has 0 atom stereocenters. The van der Waals surface area contributed by atoms with Crippen LogP contribution in [0, 0.1) is 26.7 Å². The number of rotatable bonds is 8. The molecule has 16 aromatic rings. The van der Waals surface area contributed by atoms with E-state index in [1.165, 1.54) is 277 Å². The monoisotopic (exact) mass is 1300 g/mol. The van der Waals surface area contributed by atoms with E-state index in [2.05, 4.69) is 274 Å². The molecule has 0 aromatic heterocycles. The largest absolute Gasteiger partial charge is 0.164 e. The summed E-state index contributed by atoms with van der Waals surface area (Å²) in [5.74, 6) is 1.57. The van der Waals surface area contributed by atoms with Gasteiger partial charge in [0.25, 0.3) is 0 Å². The molecule has 0 N–H and O–H groups in total. The summed E-state index contributed by atoms with van der Waals surface area (Å²) in [4.78, 5) is 0. The van der Waals surface area contributed by atoms with E-state index in [9.17, 15) is 0 Å². The first-order chi connectivity index (χ1) is 45.6. The van der Waals surface area contributed by atoms with Crippen molar-refractivity contribution < 1.29 is 23.3 Å². The van der Waals surface area contributed by atoms with E-state index in [1.54, 1.807) is 0 Å². The summed E-state index contributed by atoms with van der Waals surface area (Å²) in [6, 6.07) is 101. The van der Waals surface area contributed by atoms with Gasteiger partial charge in [0, 0.05) is 0 Å². The van der Waals surface area contributed by atoms with Crippen LogP contribution < -0.4 is 0 Å². The Labute approximate surface area is 572 Å². The topological polar surface area (TPSA) is 0 Å². The maximum atomic E-state index is 3.06. The van der Waals surface area contributed by atoms with Crippen molar-refractivity contribution in [1.29, 1.82) is 0 Å². The normalized spacial score (nSPS) is 14.0. The molecular weight excluding hydrogens is 1220 g/mol. The van der Waals surface area contributed by atoms with Gasteiger partial charge >= 0.3 is 30.2 Å². The third kappa shape index (κ3) is 11.8. The Morgan fingerprint density at radius 1 is 0.255 bits per heavy atom. The predicted molar refractivity (Wildman–Crippen MR) is 409 cm³/mol. The molecule has 2 radical (unpaired) electrons. The van der Waals surface area contributed by atoms with Crippen molar-refractivity contribution in [3.63, 3.8) is 0 Å². The Morgan fingerprint density at radius 2 is 0.468 bits per heavy atom. The van der Waals surface area contributed by atoms with Crippen LogP contribution in [0.3, 0.4) is 0 Å². The minimum atomic E-state index is 0. The van der Waals surface area contributed by atoms with Gasteiger partial charge in [0.2, 0.25) is 0 Å². The molecule has 0 amide bonds. The molecule has 460 valence electrons. The summed E-state index contributed by atoms with van der Waals surface area (Å²) >= 11 is 1.36. The molecule has 2 aliphatic rings. The van der Waals surface area contributed by atoms with Crippen LogP contribution in [0.25, 0.3) is 152 Å². The van der Waals surface area contributed by atoms with Gasteiger partial charge in [0.05, 0.1) is 0 Å². The Morgan fingerprint density at radius 3 is 0.713 bits per heavy atom. The smallest absolute Gasteiger partial charge is 0.0107 e. The van der Waals surface area contributed by atoms with Crippen LogP contribution in [-0.2, 0) is 36.2 Å². The van der Waals surface area contributed by atoms with Crippen molar-refractivity contribution in [2.24, 2.45) is 11.8 Å². The van der Waals surface area contributed by atoms with Gasteiger partial charge in [-0.3, -0.25) is 0 Å².